The molecule has 0 saturated carbocycles. The van der Waals surface area contributed by atoms with Crippen LogP contribution in [0.3, 0.4) is 0 Å². The molecule has 2 N–H and O–H groups in total. The number of hydrogen-bond donors (Lipinski definition) is 2. The summed E-state index contributed by atoms with van der Waals surface area (Å²) in [6.07, 6.45) is 0.166. The zero-order valence-corrected chi connectivity index (χ0v) is 13.9. The summed E-state index contributed by atoms with van der Waals surface area (Å²) in [7, 11) is 1.37. The molecule has 1 aromatic carbocycles. The third kappa shape index (κ3) is 5.58. The maximum Gasteiger partial charge on any atom is 0.220 e. The lowest BCUT2D eigenvalue weighted by molar-refractivity contribution is -0.121. The van der Waals surface area contributed by atoms with E-state index in [1.165, 1.54) is 19.2 Å². The first kappa shape index (κ1) is 18.4. The summed E-state index contributed by atoms with van der Waals surface area (Å²) in [6, 6.07) is 4.06. The van der Waals surface area contributed by atoms with Crippen LogP contribution in [-0.2, 0) is 4.79 Å². The predicted molar refractivity (Wildman–Crippen MR) is 88.8 cm³/mol. The molecular formula is C17H24FN3O3. The van der Waals surface area contributed by atoms with Crippen LogP contribution in [0.25, 0.3) is 0 Å². The predicted octanol–water partition coefficient (Wildman–Crippen LogP) is 0.819. The number of amides is 1. The summed E-state index contributed by atoms with van der Waals surface area (Å²) in [5.74, 6) is -0.901. The number of ether oxygens (including phenoxy) is 1. The van der Waals surface area contributed by atoms with Gasteiger partial charge in [-0.15, -0.1) is 0 Å². The van der Waals surface area contributed by atoms with Crippen LogP contribution in [-0.4, -0.2) is 63.0 Å². The first-order chi connectivity index (χ1) is 11.6. The molecule has 1 saturated heterocycles. The summed E-state index contributed by atoms with van der Waals surface area (Å²) in [5, 5.41) is 6.09. The lowest BCUT2D eigenvalue weighted by Crippen LogP contribution is -2.46. The number of ketones is 1. The Morgan fingerprint density at radius 1 is 1.29 bits per heavy atom. The Labute approximate surface area is 141 Å². The van der Waals surface area contributed by atoms with Crippen LogP contribution < -0.4 is 15.4 Å². The third-order valence-corrected chi connectivity index (χ3v) is 4.01. The largest absolute Gasteiger partial charge is 0.494 e. The fourth-order valence-corrected chi connectivity index (χ4v) is 2.59. The summed E-state index contributed by atoms with van der Waals surface area (Å²) in [5.41, 5.74) is 0.252. The van der Waals surface area contributed by atoms with Crippen LogP contribution in [0.2, 0.25) is 0 Å². The van der Waals surface area contributed by atoms with E-state index in [2.05, 4.69) is 15.5 Å². The van der Waals surface area contributed by atoms with Gasteiger partial charge in [0.2, 0.25) is 5.91 Å². The average molecular weight is 337 g/mol. The number of piperazine rings is 1. The molecule has 7 heteroatoms. The van der Waals surface area contributed by atoms with Crippen LogP contribution in [0.5, 0.6) is 5.75 Å². The smallest absolute Gasteiger partial charge is 0.220 e. The minimum absolute atomic E-state index is 0.0608. The first-order valence-electron chi connectivity index (χ1n) is 8.16. The first-order valence-corrected chi connectivity index (χ1v) is 8.16. The van der Waals surface area contributed by atoms with Gasteiger partial charge in [-0.1, -0.05) is 0 Å². The van der Waals surface area contributed by atoms with Gasteiger partial charge in [-0.05, 0) is 18.2 Å². The Bertz CT molecular complexity index is 574. The number of hydrogen-bond acceptors (Lipinski definition) is 5. The highest BCUT2D eigenvalue weighted by Gasteiger charge is 2.13. The summed E-state index contributed by atoms with van der Waals surface area (Å²) < 4.78 is 18.4. The molecule has 1 fully saturated rings. The summed E-state index contributed by atoms with van der Waals surface area (Å²) in [6.45, 7) is 5.30. The molecule has 1 aliphatic heterocycles. The van der Waals surface area contributed by atoms with Crippen molar-refractivity contribution in [3.8, 4) is 5.75 Å². The molecule has 0 radical (unpaired) electrons. The number of nitrogens with one attached hydrogen (secondary N) is 2. The van der Waals surface area contributed by atoms with Gasteiger partial charge < -0.3 is 15.4 Å². The highest BCUT2D eigenvalue weighted by Crippen LogP contribution is 2.18. The Morgan fingerprint density at radius 2 is 2.04 bits per heavy atom. The molecule has 0 aromatic heterocycles. The van der Waals surface area contributed by atoms with Gasteiger partial charge in [0.1, 0.15) is 0 Å². The second-order valence-electron chi connectivity index (χ2n) is 5.71. The molecule has 0 atom stereocenters. The highest BCUT2D eigenvalue weighted by molar-refractivity contribution is 5.98. The molecule has 1 aromatic rings. The van der Waals surface area contributed by atoms with Crippen molar-refractivity contribution < 1.29 is 18.7 Å². The van der Waals surface area contributed by atoms with Gasteiger partial charge >= 0.3 is 0 Å². The normalized spacial score (nSPS) is 15.1. The van der Waals surface area contributed by atoms with E-state index in [-0.39, 0.29) is 35.8 Å². The van der Waals surface area contributed by atoms with Gasteiger partial charge in [0, 0.05) is 57.7 Å². The number of Topliss-reactive ketones (excluding diaryl/α,β-unsaturated/α-hetero) is 1. The number of halogens is 1. The minimum atomic E-state index is -0.580. The number of rotatable bonds is 8. The summed E-state index contributed by atoms with van der Waals surface area (Å²) >= 11 is 0. The van der Waals surface area contributed by atoms with E-state index >= 15 is 0 Å². The standard InChI is InChI=1S/C17H24FN3O3/c1-24-16-4-2-13(12-14(16)18)15(22)3-5-17(23)20-8-11-21-9-6-19-7-10-21/h2,4,12,19H,3,5-11H2,1H3,(H,20,23). The Morgan fingerprint density at radius 3 is 2.71 bits per heavy atom. The van der Waals surface area contributed by atoms with E-state index in [0.29, 0.717) is 6.54 Å². The molecular weight excluding hydrogens is 313 g/mol. The molecule has 1 heterocycles. The average Bonchev–Trinajstić information content (AvgIpc) is 2.60. The van der Waals surface area contributed by atoms with Crippen molar-refractivity contribution in [1.82, 2.24) is 15.5 Å². The quantitative estimate of drug-likeness (QED) is 0.687. The highest BCUT2D eigenvalue weighted by atomic mass is 19.1. The second kappa shape index (κ2) is 9.34. The topological polar surface area (TPSA) is 70.7 Å². The van der Waals surface area contributed by atoms with Crippen LogP contribution >= 0.6 is 0 Å². The van der Waals surface area contributed by atoms with Crippen molar-refractivity contribution in [2.24, 2.45) is 0 Å². The van der Waals surface area contributed by atoms with Gasteiger partial charge in [-0.25, -0.2) is 4.39 Å². The van der Waals surface area contributed by atoms with Gasteiger partial charge in [-0.3, -0.25) is 14.5 Å². The number of carbonyl (C=O) groups excluding carboxylic acids is 2. The molecule has 0 spiro atoms. The van der Waals surface area contributed by atoms with E-state index in [0.717, 1.165) is 38.8 Å². The van der Waals surface area contributed by atoms with Crippen LogP contribution in [0.1, 0.15) is 23.2 Å². The SMILES string of the molecule is COc1ccc(C(=O)CCC(=O)NCCN2CCNCC2)cc1F. The molecule has 132 valence electrons. The molecule has 1 amide bonds. The number of methoxy groups -OCH3 is 1. The van der Waals surface area contributed by atoms with E-state index in [4.69, 9.17) is 4.74 Å². The Kier molecular flexibility index (Phi) is 7.14. The van der Waals surface area contributed by atoms with Crippen LogP contribution in [0, 0.1) is 5.82 Å². The molecule has 0 aliphatic carbocycles. The fourth-order valence-electron chi connectivity index (χ4n) is 2.59. The fraction of sp³-hybridized carbons (Fsp3) is 0.529. The Balaban J connectivity index is 1.69. The maximum atomic E-state index is 13.6. The zero-order chi connectivity index (χ0) is 17.4. The third-order valence-electron chi connectivity index (χ3n) is 4.01. The van der Waals surface area contributed by atoms with Crippen LogP contribution in [0.4, 0.5) is 4.39 Å². The summed E-state index contributed by atoms with van der Waals surface area (Å²) in [4.78, 5) is 26.1. The van der Waals surface area contributed by atoms with Crippen molar-refractivity contribution in [2.75, 3.05) is 46.4 Å². The van der Waals surface area contributed by atoms with Crippen molar-refractivity contribution in [3.05, 3.63) is 29.6 Å². The van der Waals surface area contributed by atoms with Gasteiger partial charge in [0.15, 0.2) is 17.3 Å². The molecule has 6 nitrogen and oxygen atoms in total. The Hall–Kier alpha value is -1.99. The van der Waals surface area contributed by atoms with Crippen molar-refractivity contribution in [2.45, 2.75) is 12.8 Å². The van der Waals surface area contributed by atoms with Crippen molar-refractivity contribution in [3.63, 3.8) is 0 Å². The lowest BCUT2D eigenvalue weighted by atomic mass is 10.1. The monoisotopic (exact) mass is 337 g/mol. The number of nitrogens with zero attached hydrogens (tertiary/aromatic N) is 1. The maximum absolute atomic E-state index is 13.6. The van der Waals surface area contributed by atoms with Gasteiger partial charge in [0.25, 0.3) is 0 Å². The number of benzene rings is 1. The number of carbonyl (C=O) groups is 2. The van der Waals surface area contributed by atoms with E-state index < -0.39 is 5.82 Å². The molecule has 0 unspecified atom stereocenters. The second-order valence-corrected chi connectivity index (χ2v) is 5.71. The van der Waals surface area contributed by atoms with E-state index in [1.54, 1.807) is 0 Å². The van der Waals surface area contributed by atoms with E-state index in [1.807, 2.05) is 0 Å². The van der Waals surface area contributed by atoms with E-state index in [9.17, 15) is 14.0 Å². The molecule has 1 aliphatic rings. The molecule has 0 bridgehead atoms. The molecule has 24 heavy (non-hydrogen) atoms. The molecule has 2 rings (SSSR count). The zero-order valence-electron chi connectivity index (χ0n) is 13.9. The lowest BCUT2D eigenvalue weighted by Gasteiger charge is -2.27. The van der Waals surface area contributed by atoms with Crippen molar-refractivity contribution >= 4 is 11.7 Å². The van der Waals surface area contributed by atoms with Gasteiger partial charge in [0.05, 0.1) is 7.11 Å². The van der Waals surface area contributed by atoms with Crippen molar-refractivity contribution in [1.29, 1.82) is 0 Å². The van der Waals surface area contributed by atoms with Gasteiger partial charge in [-0.2, -0.15) is 0 Å². The van der Waals surface area contributed by atoms with Crippen LogP contribution in [0.15, 0.2) is 18.2 Å². The minimum Gasteiger partial charge on any atom is -0.494 e.